The number of fused-ring (bicyclic) bond motifs is 1. The van der Waals surface area contributed by atoms with Gasteiger partial charge in [0.2, 0.25) is 0 Å². The summed E-state index contributed by atoms with van der Waals surface area (Å²) in [5.41, 5.74) is 0.618. The zero-order chi connectivity index (χ0) is 19.2. The molecule has 0 radical (unpaired) electrons. The van der Waals surface area contributed by atoms with Gasteiger partial charge in [-0.3, -0.25) is 14.4 Å². The van der Waals surface area contributed by atoms with Crippen molar-refractivity contribution < 1.29 is 14.3 Å². The van der Waals surface area contributed by atoms with E-state index in [-0.39, 0.29) is 23.6 Å². The number of amides is 1. The summed E-state index contributed by atoms with van der Waals surface area (Å²) in [6.45, 7) is -0.453. The van der Waals surface area contributed by atoms with E-state index in [1.807, 2.05) is 0 Å². The molecule has 0 atom stereocenters. The third-order valence-electron chi connectivity index (χ3n) is 3.63. The van der Waals surface area contributed by atoms with E-state index in [0.717, 1.165) is 0 Å². The first-order chi connectivity index (χ1) is 13.0. The maximum Gasteiger partial charge on any atom is 0.306 e. The van der Waals surface area contributed by atoms with Crippen molar-refractivity contribution in [2.24, 2.45) is 0 Å². The predicted molar refractivity (Wildman–Crippen MR) is 99.5 cm³/mol. The molecule has 2 N–H and O–H groups in total. The zero-order valence-electron chi connectivity index (χ0n) is 14.1. The minimum atomic E-state index is -0.585. The lowest BCUT2D eigenvalue weighted by atomic mass is 10.2. The highest BCUT2D eigenvalue weighted by Crippen LogP contribution is 2.17. The van der Waals surface area contributed by atoms with Crippen LogP contribution in [-0.2, 0) is 20.7 Å². The number of ether oxygens (including phenoxy) is 1. The van der Waals surface area contributed by atoms with Crippen LogP contribution in [0.3, 0.4) is 0 Å². The van der Waals surface area contributed by atoms with Crippen LogP contribution in [0.1, 0.15) is 12.2 Å². The van der Waals surface area contributed by atoms with Crippen molar-refractivity contribution in [1.29, 1.82) is 0 Å². The average Bonchev–Trinajstić information content (AvgIpc) is 2.66. The molecule has 0 aliphatic rings. The van der Waals surface area contributed by atoms with Gasteiger partial charge in [0.15, 0.2) is 11.8 Å². The summed E-state index contributed by atoms with van der Waals surface area (Å²) in [5, 5.41) is 3.12. The average molecular weight is 387 g/mol. The molecule has 9 heteroatoms. The molecule has 0 aliphatic heterocycles. The first-order valence-electron chi connectivity index (χ1n) is 8.07. The molecule has 27 heavy (non-hydrogen) atoms. The fourth-order valence-electron chi connectivity index (χ4n) is 2.36. The van der Waals surface area contributed by atoms with Crippen LogP contribution >= 0.6 is 11.6 Å². The maximum atomic E-state index is 12.0. The third-order valence-corrected chi connectivity index (χ3v) is 3.93. The molecule has 0 aliphatic carbocycles. The Kier molecular flexibility index (Phi) is 5.77. The second-order valence-electron chi connectivity index (χ2n) is 5.58. The van der Waals surface area contributed by atoms with Crippen LogP contribution in [0.2, 0.25) is 5.15 Å². The summed E-state index contributed by atoms with van der Waals surface area (Å²) in [7, 11) is 0. The van der Waals surface area contributed by atoms with Crippen molar-refractivity contribution in [2.45, 2.75) is 12.8 Å². The van der Waals surface area contributed by atoms with Crippen LogP contribution < -0.4 is 10.9 Å². The van der Waals surface area contributed by atoms with Crippen LogP contribution in [0.4, 0.5) is 5.69 Å². The van der Waals surface area contributed by atoms with E-state index < -0.39 is 18.5 Å². The molecule has 3 aromatic rings. The smallest absolute Gasteiger partial charge is 0.306 e. The fraction of sp³-hybridized carbons (Fsp3) is 0.167. The Morgan fingerprint density at radius 2 is 2.00 bits per heavy atom. The number of nitrogens with one attached hydrogen (secondary N) is 2. The van der Waals surface area contributed by atoms with Gasteiger partial charge in [0.25, 0.3) is 11.5 Å². The highest BCUT2D eigenvalue weighted by atomic mass is 35.5. The number of aromatic nitrogens is 3. The summed E-state index contributed by atoms with van der Waals surface area (Å²) in [5.74, 6) is -0.740. The Balaban J connectivity index is 1.50. The Hall–Kier alpha value is -3.26. The maximum absolute atomic E-state index is 12.0. The number of para-hydroxylation sites is 1. The number of carbonyl (C=O) groups is 2. The standard InChI is InChI=1S/C18H15ClN4O4/c19-17-13(6-3-9-20-17)22-15(24)10-27-16(25)8-7-14-21-12-5-2-1-4-11(12)18(26)23-14/h1-6,9H,7-8,10H2,(H,22,24)(H,21,23,26). The SMILES string of the molecule is O=C(COC(=O)CCc1nc2ccccc2c(=O)[nH]1)Nc1cccnc1Cl. The molecule has 0 spiro atoms. The minimum absolute atomic E-state index is 0.0256. The number of nitrogens with zero attached hydrogens (tertiary/aromatic N) is 2. The number of benzene rings is 1. The van der Waals surface area contributed by atoms with Gasteiger partial charge in [-0.1, -0.05) is 23.7 Å². The largest absolute Gasteiger partial charge is 0.456 e. The van der Waals surface area contributed by atoms with Crippen LogP contribution in [0.15, 0.2) is 47.4 Å². The van der Waals surface area contributed by atoms with Crippen molar-refractivity contribution in [1.82, 2.24) is 15.0 Å². The number of esters is 1. The number of pyridine rings is 1. The van der Waals surface area contributed by atoms with Gasteiger partial charge in [-0.25, -0.2) is 9.97 Å². The monoisotopic (exact) mass is 386 g/mol. The molecule has 0 fully saturated rings. The second-order valence-corrected chi connectivity index (χ2v) is 5.94. The molecule has 0 saturated heterocycles. The van der Waals surface area contributed by atoms with E-state index in [1.165, 1.54) is 6.20 Å². The van der Waals surface area contributed by atoms with Gasteiger partial charge >= 0.3 is 5.97 Å². The number of carbonyl (C=O) groups excluding carboxylic acids is 2. The number of aryl methyl sites for hydroxylation is 1. The Morgan fingerprint density at radius 1 is 1.19 bits per heavy atom. The highest BCUT2D eigenvalue weighted by molar-refractivity contribution is 6.32. The molecule has 138 valence electrons. The Morgan fingerprint density at radius 3 is 2.81 bits per heavy atom. The summed E-state index contributed by atoms with van der Waals surface area (Å²) in [6.07, 6.45) is 1.65. The second kappa shape index (κ2) is 8.41. The summed E-state index contributed by atoms with van der Waals surface area (Å²) in [4.78, 5) is 46.4. The van der Waals surface area contributed by atoms with Gasteiger partial charge in [0.1, 0.15) is 5.82 Å². The highest BCUT2D eigenvalue weighted by Gasteiger charge is 2.11. The van der Waals surface area contributed by atoms with E-state index in [1.54, 1.807) is 36.4 Å². The molecule has 2 heterocycles. The molecular weight excluding hydrogens is 372 g/mol. The molecular formula is C18H15ClN4O4. The molecule has 0 saturated carbocycles. The number of halogens is 1. The predicted octanol–water partition coefficient (Wildman–Crippen LogP) is 2.09. The Bertz CT molecular complexity index is 1050. The van der Waals surface area contributed by atoms with Crippen LogP contribution in [0, 0.1) is 0 Å². The van der Waals surface area contributed by atoms with Crippen molar-refractivity contribution >= 4 is 40.1 Å². The fourth-order valence-corrected chi connectivity index (χ4v) is 2.52. The Labute approximate surface area is 158 Å². The van der Waals surface area contributed by atoms with Crippen molar-refractivity contribution in [3.63, 3.8) is 0 Å². The zero-order valence-corrected chi connectivity index (χ0v) is 14.8. The molecule has 3 rings (SSSR count). The van der Waals surface area contributed by atoms with Crippen molar-refractivity contribution in [3.05, 3.63) is 63.9 Å². The lowest BCUT2D eigenvalue weighted by Gasteiger charge is -2.07. The van der Waals surface area contributed by atoms with Gasteiger partial charge in [0, 0.05) is 12.6 Å². The quantitative estimate of drug-likeness (QED) is 0.495. The summed E-state index contributed by atoms with van der Waals surface area (Å²) >= 11 is 5.83. The van der Waals surface area contributed by atoms with Crippen LogP contribution in [-0.4, -0.2) is 33.4 Å². The van der Waals surface area contributed by atoms with Crippen LogP contribution in [0.25, 0.3) is 10.9 Å². The summed E-state index contributed by atoms with van der Waals surface area (Å²) < 4.78 is 4.92. The van der Waals surface area contributed by atoms with E-state index in [2.05, 4.69) is 20.3 Å². The molecule has 1 aromatic carbocycles. The third kappa shape index (κ3) is 4.89. The van der Waals surface area contributed by atoms with Crippen LogP contribution in [0.5, 0.6) is 0 Å². The number of hydrogen-bond donors (Lipinski definition) is 2. The van der Waals surface area contributed by atoms with Gasteiger partial charge < -0.3 is 15.0 Å². The van der Waals surface area contributed by atoms with E-state index in [9.17, 15) is 14.4 Å². The van der Waals surface area contributed by atoms with Gasteiger partial charge in [-0.15, -0.1) is 0 Å². The molecule has 0 unspecified atom stereocenters. The minimum Gasteiger partial charge on any atom is -0.456 e. The molecule has 0 bridgehead atoms. The molecule has 8 nitrogen and oxygen atoms in total. The first-order valence-corrected chi connectivity index (χ1v) is 8.44. The lowest BCUT2D eigenvalue weighted by Crippen LogP contribution is -2.21. The number of anilines is 1. The number of aromatic amines is 1. The number of hydrogen-bond acceptors (Lipinski definition) is 6. The van der Waals surface area contributed by atoms with Gasteiger partial charge in [-0.05, 0) is 24.3 Å². The van der Waals surface area contributed by atoms with Gasteiger partial charge in [-0.2, -0.15) is 0 Å². The van der Waals surface area contributed by atoms with Crippen molar-refractivity contribution in [3.8, 4) is 0 Å². The first kappa shape index (κ1) is 18.5. The lowest BCUT2D eigenvalue weighted by molar-refractivity contribution is -0.147. The number of rotatable bonds is 6. The topological polar surface area (TPSA) is 114 Å². The van der Waals surface area contributed by atoms with Gasteiger partial charge in [0.05, 0.1) is 23.0 Å². The molecule has 2 aromatic heterocycles. The van der Waals surface area contributed by atoms with E-state index in [4.69, 9.17) is 16.3 Å². The number of H-pyrrole nitrogens is 1. The van der Waals surface area contributed by atoms with E-state index >= 15 is 0 Å². The molecule has 1 amide bonds. The normalized spacial score (nSPS) is 10.6. The van der Waals surface area contributed by atoms with E-state index in [0.29, 0.717) is 22.4 Å². The summed E-state index contributed by atoms with van der Waals surface area (Å²) in [6, 6.07) is 10.1. The van der Waals surface area contributed by atoms with Crippen molar-refractivity contribution in [2.75, 3.05) is 11.9 Å².